The first-order valence-electron chi connectivity index (χ1n) is 12.3. The van der Waals surface area contributed by atoms with Gasteiger partial charge in [0.25, 0.3) is 5.95 Å². The number of ether oxygens (including phenoxy) is 1. The van der Waals surface area contributed by atoms with Gasteiger partial charge in [-0.3, -0.25) is 0 Å². The van der Waals surface area contributed by atoms with E-state index in [2.05, 4.69) is 24.9 Å². The number of nitrogens with zero attached hydrogens (tertiary/aromatic N) is 5. The molecular weight excluding hydrogens is 501 g/mol. The van der Waals surface area contributed by atoms with Gasteiger partial charge in [-0.25, -0.2) is 13.6 Å². The van der Waals surface area contributed by atoms with Crippen molar-refractivity contribution >= 4 is 16.9 Å². The van der Waals surface area contributed by atoms with E-state index in [0.717, 1.165) is 30.6 Å². The molecule has 1 saturated carbocycles. The van der Waals surface area contributed by atoms with Crippen LogP contribution in [0.2, 0.25) is 0 Å². The predicted octanol–water partition coefficient (Wildman–Crippen LogP) is 5.40. The summed E-state index contributed by atoms with van der Waals surface area (Å²) in [6.45, 7) is 5.09. The Kier molecular flexibility index (Phi) is 6.67. The smallest absolute Gasteiger partial charge is 0.419 e. The second-order valence-electron chi connectivity index (χ2n) is 9.91. The predicted molar refractivity (Wildman–Crippen MR) is 120 cm³/mol. The SMILES string of the molecule is CC(C)c1nn(-c2noc(C3CCN(C4CCCC4)CC3)n2)c2c(F)c(F)cc(OC(=O)C(F)(F)F)c12. The highest BCUT2D eigenvalue weighted by molar-refractivity contribution is 5.93. The van der Waals surface area contributed by atoms with E-state index in [-0.39, 0.29) is 22.9 Å². The summed E-state index contributed by atoms with van der Waals surface area (Å²) in [5.74, 6) is -6.60. The van der Waals surface area contributed by atoms with Crippen LogP contribution in [-0.4, -0.2) is 56.1 Å². The van der Waals surface area contributed by atoms with Gasteiger partial charge in [0.05, 0.1) is 11.1 Å². The van der Waals surface area contributed by atoms with Crippen LogP contribution in [0.15, 0.2) is 10.6 Å². The summed E-state index contributed by atoms with van der Waals surface area (Å²) in [4.78, 5) is 18.3. The van der Waals surface area contributed by atoms with E-state index in [1.807, 2.05) is 0 Å². The summed E-state index contributed by atoms with van der Waals surface area (Å²) in [5, 5.41) is 7.89. The van der Waals surface area contributed by atoms with Gasteiger partial charge in [-0.1, -0.05) is 26.7 Å². The summed E-state index contributed by atoms with van der Waals surface area (Å²) in [7, 11) is 0. The second kappa shape index (κ2) is 9.66. The lowest BCUT2D eigenvalue weighted by Crippen LogP contribution is -2.39. The van der Waals surface area contributed by atoms with Gasteiger partial charge in [0.1, 0.15) is 11.3 Å². The van der Waals surface area contributed by atoms with E-state index in [0.29, 0.717) is 18.0 Å². The quantitative estimate of drug-likeness (QED) is 0.250. The van der Waals surface area contributed by atoms with Gasteiger partial charge < -0.3 is 14.2 Å². The molecule has 0 N–H and O–H groups in total. The molecule has 2 aliphatic rings. The zero-order valence-electron chi connectivity index (χ0n) is 20.3. The number of halogens is 5. The van der Waals surface area contributed by atoms with Crippen LogP contribution in [0.3, 0.4) is 0 Å². The normalized spacial score (nSPS) is 18.4. The number of carbonyl (C=O) groups excluding carboxylic acids is 1. The van der Waals surface area contributed by atoms with Crippen molar-refractivity contribution in [2.45, 2.75) is 76.4 Å². The van der Waals surface area contributed by atoms with Crippen LogP contribution in [0.25, 0.3) is 16.9 Å². The highest BCUT2D eigenvalue weighted by Gasteiger charge is 2.42. The van der Waals surface area contributed by atoms with Crippen molar-refractivity contribution in [1.29, 1.82) is 0 Å². The van der Waals surface area contributed by atoms with Crippen molar-refractivity contribution in [1.82, 2.24) is 24.8 Å². The lowest BCUT2D eigenvalue weighted by molar-refractivity contribution is -0.189. The number of hydrogen-bond donors (Lipinski definition) is 0. The van der Waals surface area contributed by atoms with Crippen molar-refractivity contribution < 1.29 is 36.0 Å². The third-order valence-electron chi connectivity index (χ3n) is 7.16. The number of benzene rings is 1. The molecule has 200 valence electrons. The molecule has 0 spiro atoms. The molecule has 0 radical (unpaired) electrons. The van der Waals surface area contributed by atoms with Crippen molar-refractivity contribution in [3.8, 4) is 11.7 Å². The van der Waals surface area contributed by atoms with E-state index in [1.54, 1.807) is 13.8 Å². The number of rotatable bonds is 5. The number of esters is 1. The van der Waals surface area contributed by atoms with E-state index in [4.69, 9.17) is 4.52 Å². The molecule has 1 aliphatic heterocycles. The van der Waals surface area contributed by atoms with Gasteiger partial charge in [0.15, 0.2) is 11.6 Å². The maximum absolute atomic E-state index is 15.0. The highest BCUT2D eigenvalue weighted by Crippen LogP contribution is 2.38. The minimum absolute atomic E-state index is 0.0183. The molecular formula is C24H26F5N5O3. The maximum Gasteiger partial charge on any atom is 0.491 e. The summed E-state index contributed by atoms with van der Waals surface area (Å²) in [5.41, 5.74) is -0.466. The molecule has 1 saturated heterocycles. The summed E-state index contributed by atoms with van der Waals surface area (Å²) >= 11 is 0. The average molecular weight is 527 g/mol. The fourth-order valence-corrected chi connectivity index (χ4v) is 5.29. The summed E-state index contributed by atoms with van der Waals surface area (Å²) < 4.78 is 78.8. The number of fused-ring (bicyclic) bond motifs is 1. The van der Waals surface area contributed by atoms with Crippen LogP contribution >= 0.6 is 0 Å². The Labute approximate surface area is 208 Å². The molecule has 8 nitrogen and oxygen atoms in total. The molecule has 1 aliphatic carbocycles. The van der Waals surface area contributed by atoms with Gasteiger partial charge in [-0.2, -0.15) is 27.9 Å². The number of hydrogen-bond acceptors (Lipinski definition) is 7. The first-order chi connectivity index (χ1) is 17.5. The molecule has 0 unspecified atom stereocenters. The molecule has 0 atom stereocenters. The summed E-state index contributed by atoms with van der Waals surface area (Å²) in [6.07, 6.45) is 1.20. The molecule has 13 heteroatoms. The molecule has 0 amide bonds. The number of likely N-dealkylation sites (tertiary alicyclic amines) is 1. The first kappa shape index (κ1) is 25.6. The van der Waals surface area contributed by atoms with Crippen LogP contribution in [0.4, 0.5) is 22.0 Å². The van der Waals surface area contributed by atoms with Crippen molar-refractivity contribution in [3.63, 3.8) is 0 Å². The topological polar surface area (TPSA) is 86.3 Å². The second-order valence-corrected chi connectivity index (χ2v) is 9.91. The van der Waals surface area contributed by atoms with Crippen molar-refractivity contribution in [3.05, 3.63) is 29.3 Å². The Morgan fingerprint density at radius 3 is 2.43 bits per heavy atom. The van der Waals surface area contributed by atoms with Crippen LogP contribution in [-0.2, 0) is 4.79 Å². The number of alkyl halides is 3. The van der Waals surface area contributed by atoms with Crippen LogP contribution in [0.5, 0.6) is 5.75 Å². The molecule has 2 aromatic heterocycles. The monoisotopic (exact) mass is 527 g/mol. The van der Waals surface area contributed by atoms with Crippen LogP contribution < -0.4 is 4.74 Å². The molecule has 5 rings (SSSR count). The minimum atomic E-state index is -5.33. The molecule has 1 aromatic carbocycles. The fraction of sp³-hybridized carbons (Fsp3) is 0.583. The standard InChI is InChI=1S/C24H26F5N5O3/c1-12(2)19-17-16(36-22(35)24(27,28)29)11-15(25)18(26)20(17)34(31-19)23-30-21(37-32-23)13-7-9-33(10-8-13)14-5-3-4-6-14/h11-14H,3-10H2,1-2H3. The Morgan fingerprint density at radius 1 is 1.14 bits per heavy atom. The molecule has 37 heavy (non-hydrogen) atoms. The van der Waals surface area contributed by atoms with Gasteiger partial charge in [0.2, 0.25) is 5.89 Å². The Bertz CT molecular complexity index is 1300. The van der Waals surface area contributed by atoms with Gasteiger partial charge in [-0.05, 0) is 49.8 Å². The zero-order valence-corrected chi connectivity index (χ0v) is 20.3. The van der Waals surface area contributed by atoms with Crippen LogP contribution in [0, 0.1) is 11.6 Å². The zero-order chi connectivity index (χ0) is 26.5. The van der Waals surface area contributed by atoms with Crippen molar-refractivity contribution in [2.24, 2.45) is 0 Å². The maximum atomic E-state index is 15.0. The summed E-state index contributed by atoms with van der Waals surface area (Å²) in [6, 6.07) is 1.02. The third kappa shape index (κ3) is 4.80. The van der Waals surface area contributed by atoms with E-state index < -0.39 is 41.0 Å². The van der Waals surface area contributed by atoms with Gasteiger partial charge in [-0.15, -0.1) is 0 Å². The van der Waals surface area contributed by atoms with E-state index in [1.165, 1.54) is 25.7 Å². The molecule has 3 aromatic rings. The minimum Gasteiger partial charge on any atom is -0.419 e. The van der Waals surface area contributed by atoms with Crippen LogP contribution in [0.1, 0.15) is 75.8 Å². The van der Waals surface area contributed by atoms with Gasteiger partial charge in [0, 0.05) is 18.0 Å². The number of piperidine rings is 1. The van der Waals surface area contributed by atoms with E-state index in [9.17, 15) is 22.4 Å². The van der Waals surface area contributed by atoms with Crippen molar-refractivity contribution in [2.75, 3.05) is 13.1 Å². The average Bonchev–Trinajstić information content (AvgIpc) is 3.61. The molecule has 2 fully saturated rings. The Hall–Kier alpha value is -3.09. The number of aromatic nitrogens is 4. The largest absolute Gasteiger partial charge is 0.491 e. The highest BCUT2D eigenvalue weighted by atomic mass is 19.4. The Morgan fingerprint density at radius 2 is 1.81 bits per heavy atom. The number of carbonyl (C=O) groups is 1. The third-order valence-corrected chi connectivity index (χ3v) is 7.16. The molecule has 3 heterocycles. The first-order valence-corrected chi connectivity index (χ1v) is 12.3. The Balaban J connectivity index is 1.49. The molecule has 0 bridgehead atoms. The van der Waals surface area contributed by atoms with E-state index >= 15 is 4.39 Å². The van der Waals surface area contributed by atoms with Gasteiger partial charge >= 0.3 is 12.1 Å². The lowest BCUT2D eigenvalue weighted by atomic mass is 9.95. The fourth-order valence-electron chi connectivity index (χ4n) is 5.29. The lowest BCUT2D eigenvalue weighted by Gasteiger charge is -2.34.